The van der Waals surface area contributed by atoms with Gasteiger partial charge in [0.15, 0.2) is 6.61 Å². The van der Waals surface area contributed by atoms with Crippen LogP contribution in [0.15, 0.2) is 18.2 Å². The van der Waals surface area contributed by atoms with E-state index in [9.17, 15) is 4.79 Å². The number of nitrogens with one attached hydrogen (secondary N) is 2. The van der Waals surface area contributed by atoms with E-state index in [1.165, 1.54) is 0 Å². The molecule has 1 heterocycles. The van der Waals surface area contributed by atoms with Crippen molar-refractivity contribution in [1.82, 2.24) is 5.32 Å². The molecule has 104 valence electrons. The van der Waals surface area contributed by atoms with Gasteiger partial charge < -0.3 is 15.4 Å². The first-order valence-electron chi connectivity index (χ1n) is 6.76. The number of hydrogen-bond acceptors (Lipinski definition) is 3. The van der Waals surface area contributed by atoms with Crippen molar-refractivity contribution in [2.75, 3.05) is 18.5 Å². The van der Waals surface area contributed by atoms with Gasteiger partial charge in [-0.3, -0.25) is 4.79 Å². The quantitative estimate of drug-likeness (QED) is 0.857. The molecule has 1 aromatic rings. The fourth-order valence-electron chi connectivity index (χ4n) is 1.91. The summed E-state index contributed by atoms with van der Waals surface area (Å²) < 4.78 is 5.33. The number of carbonyl (C=O) groups excluding carboxylic acids is 1. The van der Waals surface area contributed by atoms with Gasteiger partial charge >= 0.3 is 0 Å². The highest BCUT2D eigenvalue weighted by Crippen LogP contribution is 2.28. The number of ether oxygens (including phenoxy) is 1. The van der Waals surface area contributed by atoms with Gasteiger partial charge in [-0.1, -0.05) is 26.8 Å². The molecule has 0 spiro atoms. The molecule has 4 nitrogen and oxygen atoms in total. The zero-order valence-corrected chi connectivity index (χ0v) is 11.9. The molecule has 1 aliphatic heterocycles. The SMILES string of the molecule is CCC(C)(C)CNCc1ccc2c(c1)NC(=O)CO2. The Kier molecular flexibility index (Phi) is 4.10. The van der Waals surface area contributed by atoms with Crippen LogP contribution in [0, 0.1) is 5.41 Å². The molecule has 1 aromatic carbocycles. The third-order valence-corrected chi connectivity index (χ3v) is 3.57. The topological polar surface area (TPSA) is 50.4 Å². The fourth-order valence-corrected chi connectivity index (χ4v) is 1.91. The molecule has 0 aliphatic carbocycles. The largest absolute Gasteiger partial charge is 0.482 e. The maximum Gasteiger partial charge on any atom is 0.262 e. The van der Waals surface area contributed by atoms with Gasteiger partial charge in [0.2, 0.25) is 0 Å². The Labute approximate surface area is 114 Å². The van der Waals surface area contributed by atoms with E-state index in [0.29, 0.717) is 5.41 Å². The number of benzene rings is 1. The van der Waals surface area contributed by atoms with Crippen LogP contribution in [-0.4, -0.2) is 19.1 Å². The van der Waals surface area contributed by atoms with Crippen molar-refractivity contribution in [3.05, 3.63) is 23.8 Å². The molecule has 1 aliphatic rings. The smallest absolute Gasteiger partial charge is 0.262 e. The van der Waals surface area contributed by atoms with Crippen molar-refractivity contribution < 1.29 is 9.53 Å². The minimum atomic E-state index is -0.0928. The van der Waals surface area contributed by atoms with Crippen LogP contribution in [0.4, 0.5) is 5.69 Å². The Hall–Kier alpha value is -1.55. The second kappa shape index (κ2) is 5.61. The predicted molar refractivity (Wildman–Crippen MR) is 76.3 cm³/mol. The first-order chi connectivity index (χ1) is 9.00. The van der Waals surface area contributed by atoms with Crippen molar-refractivity contribution in [2.24, 2.45) is 5.41 Å². The van der Waals surface area contributed by atoms with E-state index >= 15 is 0 Å². The number of anilines is 1. The lowest BCUT2D eigenvalue weighted by Gasteiger charge is -2.23. The summed E-state index contributed by atoms with van der Waals surface area (Å²) in [5, 5.41) is 6.28. The average Bonchev–Trinajstić information content (AvgIpc) is 2.38. The van der Waals surface area contributed by atoms with Gasteiger partial charge in [0.05, 0.1) is 5.69 Å². The second-order valence-corrected chi connectivity index (χ2v) is 5.79. The highest BCUT2D eigenvalue weighted by Gasteiger charge is 2.17. The van der Waals surface area contributed by atoms with Gasteiger partial charge in [0, 0.05) is 13.1 Å². The van der Waals surface area contributed by atoms with Crippen molar-refractivity contribution >= 4 is 11.6 Å². The molecule has 0 fully saturated rings. The molecule has 0 saturated carbocycles. The molecule has 0 saturated heterocycles. The number of rotatable bonds is 5. The minimum absolute atomic E-state index is 0.0928. The van der Waals surface area contributed by atoms with Crippen LogP contribution in [0.1, 0.15) is 32.8 Å². The van der Waals surface area contributed by atoms with E-state index in [2.05, 4.69) is 31.4 Å². The van der Waals surface area contributed by atoms with E-state index in [-0.39, 0.29) is 12.5 Å². The van der Waals surface area contributed by atoms with Crippen LogP contribution in [-0.2, 0) is 11.3 Å². The second-order valence-electron chi connectivity index (χ2n) is 5.79. The number of carbonyl (C=O) groups is 1. The molecular formula is C15H22N2O2. The summed E-state index contributed by atoms with van der Waals surface area (Å²) in [6.45, 7) is 8.58. The summed E-state index contributed by atoms with van der Waals surface area (Å²) in [6, 6.07) is 5.91. The summed E-state index contributed by atoms with van der Waals surface area (Å²) in [6.07, 6.45) is 1.15. The molecule has 2 N–H and O–H groups in total. The molecular weight excluding hydrogens is 240 g/mol. The highest BCUT2D eigenvalue weighted by atomic mass is 16.5. The Morgan fingerprint density at radius 2 is 2.21 bits per heavy atom. The van der Waals surface area contributed by atoms with Crippen LogP contribution in [0.3, 0.4) is 0 Å². The van der Waals surface area contributed by atoms with E-state index in [0.717, 1.165) is 36.5 Å². The average molecular weight is 262 g/mol. The van der Waals surface area contributed by atoms with Gasteiger partial charge in [0.25, 0.3) is 5.91 Å². The standard InChI is InChI=1S/C15H22N2O2/c1-4-15(2,3)10-16-8-11-5-6-13-12(7-11)17-14(18)9-19-13/h5-7,16H,4,8-10H2,1-3H3,(H,17,18). The predicted octanol–water partition coefficient (Wildman–Crippen LogP) is 2.54. The maximum absolute atomic E-state index is 11.3. The normalized spacial score (nSPS) is 14.6. The molecule has 1 amide bonds. The molecule has 0 aromatic heterocycles. The van der Waals surface area contributed by atoms with Crippen LogP contribution in [0.2, 0.25) is 0 Å². The molecule has 4 heteroatoms. The molecule has 0 bridgehead atoms. The Balaban J connectivity index is 1.95. The molecule has 0 radical (unpaired) electrons. The van der Waals surface area contributed by atoms with Gasteiger partial charge in [-0.15, -0.1) is 0 Å². The third kappa shape index (κ3) is 3.70. The first kappa shape index (κ1) is 13.9. The van der Waals surface area contributed by atoms with Gasteiger partial charge in [-0.05, 0) is 29.5 Å². The molecule has 0 atom stereocenters. The molecule has 2 rings (SSSR count). The van der Waals surface area contributed by atoms with Gasteiger partial charge in [-0.25, -0.2) is 0 Å². The summed E-state index contributed by atoms with van der Waals surface area (Å²) in [4.78, 5) is 11.3. The Morgan fingerprint density at radius 1 is 1.42 bits per heavy atom. The lowest BCUT2D eigenvalue weighted by atomic mass is 9.90. The highest BCUT2D eigenvalue weighted by molar-refractivity contribution is 5.95. The zero-order chi connectivity index (χ0) is 13.9. The number of fused-ring (bicyclic) bond motifs is 1. The third-order valence-electron chi connectivity index (χ3n) is 3.57. The molecule has 19 heavy (non-hydrogen) atoms. The van der Waals surface area contributed by atoms with Crippen LogP contribution in [0.25, 0.3) is 0 Å². The van der Waals surface area contributed by atoms with E-state index < -0.39 is 0 Å². The van der Waals surface area contributed by atoms with Crippen molar-refractivity contribution in [3.63, 3.8) is 0 Å². The van der Waals surface area contributed by atoms with Crippen molar-refractivity contribution in [2.45, 2.75) is 33.7 Å². The van der Waals surface area contributed by atoms with Gasteiger partial charge in [-0.2, -0.15) is 0 Å². The Bertz CT molecular complexity index is 469. The summed E-state index contributed by atoms with van der Waals surface area (Å²) in [5.74, 6) is 0.655. The van der Waals surface area contributed by atoms with Gasteiger partial charge in [0.1, 0.15) is 5.75 Å². The summed E-state index contributed by atoms with van der Waals surface area (Å²) in [7, 11) is 0. The lowest BCUT2D eigenvalue weighted by Crippen LogP contribution is -2.28. The van der Waals surface area contributed by atoms with E-state index in [1.807, 2.05) is 18.2 Å². The minimum Gasteiger partial charge on any atom is -0.482 e. The van der Waals surface area contributed by atoms with E-state index in [4.69, 9.17) is 4.74 Å². The molecule has 0 unspecified atom stereocenters. The van der Waals surface area contributed by atoms with Crippen LogP contribution < -0.4 is 15.4 Å². The van der Waals surface area contributed by atoms with E-state index in [1.54, 1.807) is 0 Å². The zero-order valence-electron chi connectivity index (χ0n) is 11.9. The summed E-state index contributed by atoms with van der Waals surface area (Å²) >= 11 is 0. The van der Waals surface area contributed by atoms with Crippen LogP contribution in [0.5, 0.6) is 5.75 Å². The number of amides is 1. The first-order valence-corrected chi connectivity index (χ1v) is 6.76. The Morgan fingerprint density at radius 3 is 2.95 bits per heavy atom. The number of hydrogen-bond donors (Lipinski definition) is 2. The van der Waals surface area contributed by atoms with Crippen molar-refractivity contribution in [1.29, 1.82) is 0 Å². The van der Waals surface area contributed by atoms with Crippen molar-refractivity contribution in [3.8, 4) is 5.75 Å². The maximum atomic E-state index is 11.3. The summed E-state index contributed by atoms with van der Waals surface area (Å²) in [5.41, 5.74) is 2.23. The van der Waals surface area contributed by atoms with Crippen LogP contribution >= 0.6 is 0 Å². The lowest BCUT2D eigenvalue weighted by molar-refractivity contribution is -0.118. The fraction of sp³-hybridized carbons (Fsp3) is 0.533. The monoisotopic (exact) mass is 262 g/mol.